The van der Waals surface area contributed by atoms with Gasteiger partial charge in [0.25, 0.3) is 0 Å². The monoisotopic (exact) mass is 275 g/mol. The predicted molar refractivity (Wildman–Crippen MR) is 62.1 cm³/mol. The minimum absolute atomic E-state index is 0.385. The molecule has 0 aromatic carbocycles. The van der Waals surface area contributed by atoms with Crippen LogP contribution in [-0.4, -0.2) is 23.5 Å². The first-order valence-corrected chi connectivity index (χ1v) is 6.87. The fourth-order valence-corrected chi connectivity index (χ4v) is 3.37. The van der Waals surface area contributed by atoms with E-state index in [1.807, 2.05) is 6.20 Å². The molecule has 0 aliphatic carbocycles. The highest BCUT2D eigenvalue weighted by Crippen LogP contribution is 2.36. The zero-order valence-corrected chi connectivity index (χ0v) is 10.4. The lowest BCUT2D eigenvalue weighted by molar-refractivity contribution is 0.0269. The molecule has 1 aromatic rings. The topological polar surface area (TPSA) is 22.1 Å². The fourth-order valence-electron chi connectivity index (χ4n) is 1.82. The standard InChI is InChI=1S/C10H14BrNOS/c11-8-10(1-4-13-5-2-10)7-9-12-3-6-14-9/h3,6H,1-2,4-5,7-8H2. The second kappa shape index (κ2) is 4.73. The Hall–Kier alpha value is 0.0700. The van der Waals surface area contributed by atoms with Crippen molar-refractivity contribution >= 4 is 27.3 Å². The molecule has 4 heteroatoms. The number of rotatable bonds is 3. The van der Waals surface area contributed by atoms with Gasteiger partial charge in [-0.1, -0.05) is 15.9 Å². The largest absolute Gasteiger partial charge is 0.381 e. The highest BCUT2D eigenvalue weighted by Gasteiger charge is 2.32. The number of hydrogen-bond donors (Lipinski definition) is 0. The molecule has 1 saturated heterocycles. The van der Waals surface area contributed by atoms with Crippen molar-refractivity contribution < 1.29 is 4.74 Å². The highest BCUT2D eigenvalue weighted by atomic mass is 79.9. The number of ether oxygens (including phenoxy) is 1. The second-order valence-electron chi connectivity index (χ2n) is 3.85. The maximum absolute atomic E-state index is 5.41. The van der Waals surface area contributed by atoms with Gasteiger partial charge in [0.1, 0.15) is 0 Å². The van der Waals surface area contributed by atoms with Gasteiger partial charge < -0.3 is 4.74 Å². The lowest BCUT2D eigenvalue weighted by atomic mass is 9.79. The van der Waals surface area contributed by atoms with Gasteiger partial charge in [-0.25, -0.2) is 4.98 Å². The average molecular weight is 276 g/mol. The molecule has 0 saturated carbocycles. The van der Waals surface area contributed by atoms with Gasteiger partial charge in [-0.15, -0.1) is 11.3 Å². The van der Waals surface area contributed by atoms with Gasteiger partial charge in [0.05, 0.1) is 5.01 Å². The van der Waals surface area contributed by atoms with E-state index in [1.165, 1.54) is 5.01 Å². The van der Waals surface area contributed by atoms with Gasteiger partial charge in [-0.05, 0) is 18.3 Å². The Bertz CT molecular complexity index is 270. The van der Waals surface area contributed by atoms with E-state index in [0.29, 0.717) is 5.41 Å². The molecule has 2 nitrogen and oxygen atoms in total. The summed E-state index contributed by atoms with van der Waals surface area (Å²) in [6.07, 6.45) is 5.29. The first kappa shape index (κ1) is 10.6. The van der Waals surface area contributed by atoms with E-state index in [1.54, 1.807) is 11.3 Å². The lowest BCUT2D eigenvalue weighted by Crippen LogP contribution is -2.33. The van der Waals surface area contributed by atoms with Crippen molar-refractivity contribution in [3.8, 4) is 0 Å². The number of alkyl halides is 1. The normalized spacial score (nSPS) is 20.9. The molecule has 2 heterocycles. The van der Waals surface area contributed by atoms with E-state index >= 15 is 0 Å². The molecule has 1 fully saturated rings. The molecule has 0 atom stereocenters. The summed E-state index contributed by atoms with van der Waals surface area (Å²) in [6, 6.07) is 0. The van der Waals surface area contributed by atoms with E-state index in [9.17, 15) is 0 Å². The van der Waals surface area contributed by atoms with Crippen molar-refractivity contribution in [1.82, 2.24) is 4.98 Å². The van der Waals surface area contributed by atoms with Crippen LogP contribution in [-0.2, 0) is 11.2 Å². The number of hydrogen-bond acceptors (Lipinski definition) is 3. The smallest absolute Gasteiger partial charge is 0.0930 e. The van der Waals surface area contributed by atoms with Crippen LogP contribution in [0.2, 0.25) is 0 Å². The van der Waals surface area contributed by atoms with Crippen molar-refractivity contribution in [2.75, 3.05) is 18.5 Å². The van der Waals surface area contributed by atoms with E-state index in [-0.39, 0.29) is 0 Å². The summed E-state index contributed by atoms with van der Waals surface area (Å²) in [5, 5.41) is 4.37. The van der Waals surface area contributed by atoms with Crippen molar-refractivity contribution in [3.63, 3.8) is 0 Å². The molecule has 1 aliphatic heterocycles. The number of nitrogens with zero attached hydrogens (tertiary/aromatic N) is 1. The van der Waals surface area contributed by atoms with Crippen molar-refractivity contribution in [2.45, 2.75) is 19.3 Å². The molecule has 14 heavy (non-hydrogen) atoms. The second-order valence-corrected chi connectivity index (χ2v) is 5.39. The molecule has 78 valence electrons. The summed E-state index contributed by atoms with van der Waals surface area (Å²) in [7, 11) is 0. The first-order valence-electron chi connectivity index (χ1n) is 4.87. The van der Waals surface area contributed by atoms with Crippen LogP contribution in [0.4, 0.5) is 0 Å². The average Bonchev–Trinajstić information content (AvgIpc) is 2.72. The van der Waals surface area contributed by atoms with E-state index in [0.717, 1.165) is 37.8 Å². The van der Waals surface area contributed by atoms with Gasteiger partial charge in [-0.2, -0.15) is 0 Å². The van der Waals surface area contributed by atoms with Gasteiger partial charge in [0, 0.05) is 36.5 Å². The molecular weight excluding hydrogens is 262 g/mol. The van der Waals surface area contributed by atoms with Crippen LogP contribution in [0.5, 0.6) is 0 Å². The van der Waals surface area contributed by atoms with Crippen LogP contribution in [0.15, 0.2) is 11.6 Å². The first-order chi connectivity index (χ1) is 6.85. The van der Waals surface area contributed by atoms with Gasteiger partial charge in [-0.3, -0.25) is 0 Å². The fraction of sp³-hybridized carbons (Fsp3) is 0.700. The Morgan fingerprint density at radius 1 is 1.50 bits per heavy atom. The molecule has 0 amide bonds. The summed E-state index contributed by atoms with van der Waals surface area (Å²) in [6.45, 7) is 1.80. The zero-order valence-electron chi connectivity index (χ0n) is 8.04. The van der Waals surface area contributed by atoms with E-state index < -0.39 is 0 Å². The van der Waals surface area contributed by atoms with Crippen molar-refractivity contribution in [3.05, 3.63) is 16.6 Å². The molecule has 2 rings (SSSR count). The SMILES string of the molecule is BrCC1(Cc2nccs2)CCOCC1. The van der Waals surface area contributed by atoms with Crippen LogP contribution >= 0.6 is 27.3 Å². The molecule has 1 aromatic heterocycles. The van der Waals surface area contributed by atoms with Crippen LogP contribution in [0, 0.1) is 5.41 Å². The molecule has 0 spiro atoms. The van der Waals surface area contributed by atoms with Gasteiger partial charge in [0.15, 0.2) is 0 Å². The van der Waals surface area contributed by atoms with Crippen LogP contribution < -0.4 is 0 Å². The molecule has 0 unspecified atom stereocenters. The summed E-state index contributed by atoms with van der Waals surface area (Å²) >= 11 is 5.39. The van der Waals surface area contributed by atoms with E-state index in [2.05, 4.69) is 26.3 Å². The molecule has 1 aliphatic rings. The number of thiazole rings is 1. The van der Waals surface area contributed by atoms with Gasteiger partial charge >= 0.3 is 0 Å². The third-order valence-electron chi connectivity index (χ3n) is 2.85. The number of aromatic nitrogens is 1. The Kier molecular flexibility index (Phi) is 3.57. The quantitative estimate of drug-likeness (QED) is 0.792. The summed E-state index contributed by atoms with van der Waals surface area (Å²) in [4.78, 5) is 4.36. The predicted octanol–water partition coefficient (Wildman–Crippen LogP) is 2.88. The Morgan fingerprint density at radius 2 is 2.29 bits per heavy atom. The van der Waals surface area contributed by atoms with Crippen LogP contribution in [0.25, 0.3) is 0 Å². The molecule has 0 radical (unpaired) electrons. The molecule has 0 bridgehead atoms. The summed E-state index contributed by atoms with van der Waals surface area (Å²) < 4.78 is 5.41. The number of halogens is 1. The Labute approximate surface area is 96.8 Å². The van der Waals surface area contributed by atoms with E-state index in [4.69, 9.17) is 4.74 Å². The molecular formula is C10H14BrNOS. The maximum Gasteiger partial charge on any atom is 0.0930 e. The van der Waals surface area contributed by atoms with Crippen LogP contribution in [0.3, 0.4) is 0 Å². The van der Waals surface area contributed by atoms with Crippen LogP contribution in [0.1, 0.15) is 17.8 Å². The zero-order chi connectivity index (χ0) is 9.86. The summed E-state index contributed by atoms with van der Waals surface area (Å²) in [5.41, 5.74) is 0.385. The Morgan fingerprint density at radius 3 is 2.86 bits per heavy atom. The highest BCUT2D eigenvalue weighted by molar-refractivity contribution is 9.09. The maximum atomic E-state index is 5.41. The third-order valence-corrected chi connectivity index (χ3v) is 4.82. The van der Waals surface area contributed by atoms with Gasteiger partial charge in [0.2, 0.25) is 0 Å². The third kappa shape index (κ3) is 2.35. The van der Waals surface area contributed by atoms with Crippen molar-refractivity contribution in [2.24, 2.45) is 5.41 Å². The summed E-state index contributed by atoms with van der Waals surface area (Å²) in [5.74, 6) is 0. The minimum atomic E-state index is 0.385. The molecule has 0 N–H and O–H groups in total. The Balaban J connectivity index is 2.04. The minimum Gasteiger partial charge on any atom is -0.381 e. The van der Waals surface area contributed by atoms with Crippen molar-refractivity contribution in [1.29, 1.82) is 0 Å². The lowest BCUT2D eigenvalue weighted by Gasteiger charge is -2.34.